The monoisotopic (exact) mass is 213 g/mol. The van der Waals surface area contributed by atoms with E-state index in [0.717, 1.165) is 11.8 Å². The number of hydrogen-bond acceptors (Lipinski definition) is 3. The van der Waals surface area contributed by atoms with Crippen LogP contribution < -0.4 is 5.73 Å². The SMILES string of the molecule is Nc1cc(C=O)ccc1-c1ccccc1O. The van der Waals surface area contributed by atoms with Crippen LogP contribution in [0.25, 0.3) is 11.1 Å². The predicted octanol–water partition coefficient (Wildman–Crippen LogP) is 2.45. The molecule has 0 spiro atoms. The molecule has 3 heteroatoms. The van der Waals surface area contributed by atoms with E-state index in [-0.39, 0.29) is 5.75 Å². The average Bonchev–Trinajstić information content (AvgIpc) is 2.30. The van der Waals surface area contributed by atoms with Gasteiger partial charge in [0.1, 0.15) is 12.0 Å². The fourth-order valence-corrected chi connectivity index (χ4v) is 1.60. The first-order chi connectivity index (χ1) is 7.72. The number of aldehydes is 1. The molecule has 0 aromatic heterocycles. The third kappa shape index (κ3) is 1.75. The molecule has 0 atom stereocenters. The van der Waals surface area contributed by atoms with Gasteiger partial charge in [-0.2, -0.15) is 0 Å². The van der Waals surface area contributed by atoms with E-state index in [4.69, 9.17) is 5.73 Å². The number of nitrogens with two attached hydrogens (primary N) is 1. The molecule has 80 valence electrons. The maximum atomic E-state index is 10.6. The van der Waals surface area contributed by atoms with Gasteiger partial charge in [0, 0.05) is 22.4 Å². The van der Waals surface area contributed by atoms with Crippen LogP contribution in [0.5, 0.6) is 5.75 Å². The van der Waals surface area contributed by atoms with E-state index < -0.39 is 0 Å². The summed E-state index contributed by atoms with van der Waals surface area (Å²) < 4.78 is 0. The molecule has 0 heterocycles. The topological polar surface area (TPSA) is 63.3 Å². The Balaban J connectivity index is 2.57. The summed E-state index contributed by atoms with van der Waals surface area (Å²) in [5, 5.41) is 9.69. The number of rotatable bonds is 2. The first-order valence-corrected chi connectivity index (χ1v) is 4.85. The zero-order valence-corrected chi connectivity index (χ0v) is 8.55. The molecular weight excluding hydrogens is 202 g/mol. The lowest BCUT2D eigenvalue weighted by atomic mass is 10.0. The van der Waals surface area contributed by atoms with Crippen molar-refractivity contribution >= 4 is 12.0 Å². The molecule has 0 bridgehead atoms. The Bertz CT molecular complexity index is 535. The number of aromatic hydroxyl groups is 1. The maximum Gasteiger partial charge on any atom is 0.150 e. The number of benzene rings is 2. The predicted molar refractivity (Wildman–Crippen MR) is 63.3 cm³/mol. The van der Waals surface area contributed by atoms with E-state index in [0.29, 0.717) is 16.8 Å². The van der Waals surface area contributed by atoms with Crippen LogP contribution in [0.4, 0.5) is 5.69 Å². The highest BCUT2D eigenvalue weighted by Gasteiger charge is 2.07. The zero-order valence-electron chi connectivity index (χ0n) is 8.55. The molecule has 3 nitrogen and oxygen atoms in total. The summed E-state index contributed by atoms with van der Waals surface area (Å²) in [4.78, 5) is 10.6. The van der Waals surface area contributed by atoms with Crippen molar-refractivity contribution in [1.29, 1.82) is 0 Å². The minimum Gasteiger partial charge on any atom is -0.507 e. The van der Waals surface area contributed by atoms with Gasteiger partial charge < -0.3 is 10.8 Å². The van der Waals surface area contributed by atoms with E-state index >= 15 is 0 Å². The van der Waals surface area contributed by atoms with Crippen LogP contribution in [-0.4, -0.2) is 11.4 Å². The summed E-state index contributed by atoms with van der Waals surface area (Å²) >= 11 is 0. The molecule has 0 radical (unpaired) electrons. The van der Waals surface area contributed by atoms with E-state index in [1.54, 1.807) is 36.4 Å². The summed E-state index contributed by atoms with van der Waals surface area (Å²) in [6.45, 7) is 0. The van der Waals surface area contributed by atoms with Crippen molar-refractivity contribution in [3.05, 3.63) is 48.0 Å². The van der Waals surface area contributed by atoms with Crippen LogP contribution in [0.3, 0.4) is 0 Å². The molecule has 0 saturated heterocycles. The highest BCUT2D eigenvalue weighted by Crippen LogP contribution is 2.32. The van der Waals surface area contributed by atoms with Gasteiger partial charge in [-0.3, -0.25) is 4.79 Å². The number of para-hydroxylation sites is 1. The number of phenols is 1. The standard InChI is InChI=1S/C13H11NO2/c14-12-7-9(8-15)5-6-10(12)11-3-1-2-4-13(11)16/h1-8,16H,14H2. The molecule has 2 aromatic rings. The van der Waals surface area contributed by atoms with Crippen molar-refractivity contribution in [3.8, 4) is 16.9 Å². The third-order valence-corrected chi connectivity index (χ3v) is 2.41. The van der Waals surface area contributed by atoms with Crippen LogP contribution in [0, 0.1) is 0 Å². The lowest BCUT2D eigenvalue weighted by Gasteiger charge is -2.08. The molecule has 0 aliphatic carbocycles. The van der Waals surface area contributed by atoms with Gasteiger partial charge in [0.25, 0.3) is 0 Å². The molecule has 0 amide bonds. The van der Waals surface area contributed by atoms with E-state index in [9.17, 15) is 9.90 Å². The molecule has 0 fully saturated rings. The Morgan fingerprint density at radius 2 is 1.81 bits per heavy atom. The second-order valence-electron chi connectivity index (χ2n) is 3.48. The van der Waals surface area contributed by atoms with Crippen LogP contribution in [0.15, 0.2) is 42.5 Å². The van der Waals surface area contributed by atoms with E-state index in [1.807, 2.05) is 6.07 Å². The normalized spacial score (nSPS) is 10.0. The number of carbonyl (C=O) groups excluding carboxylic acids is 1. The van der Waals surface area contributed by atoms with Gasteiger partial charge >= 0.3 is 0 Å². The summed E-state index contributed by atoms with van der Waals surface area (Å²) in [5.41, 5.74) is 8.22. The smallest absolute Gasteiger partial charge is 0.150 e. The largest absolute Gasteiger partial charge is 0.507 e. The van der Waals surface area contributed by atoms with Crippen molar-refractivity contribution in [3.63, 3.8) is 0 Å². The lowest BCUT2D eigenvalue weighted by Crippen LogP contribution is -1.92. The minimum atomic E-state index is 0.174. The molecule has 0 aliphatic heterocycles. The van der Waals surface area contributed by atoms with Crippen LogP contribution >= 0.6 is 0 Å². The van der Waals surface area contributed by atoms with Gasteiger partial charge in [0.05, 0.1) is 0 Å². The number of hydrogen-bond donors (Lipinski definition) is 2. The van der Waals surface area contributed by atoms with Gasteiger partial charge in [-0.25, -0.2) is 0 Å². The average molecular weight is 213 g/mol. The van der Waals surface area contributed by atoms with Crippen LogP contribution in [-0.2, 0) is 0 Å². The van der Waals surface area contributed by atoms with Crippen molar-refractivity contribution in [2.75, 3.05) is 5.73 Å². The molecule has 16 heavy (non-hydrogen) atoms. The molecule has 0 saturated carbocycles. The number of nitrogen functional groups attached to an aromatic ring is 1. The Morgan fingerprint density at radius 1 is 1.06 bits per heavy atom. The highest BCUT2D eigenvalue weighted by molar-refractivity contribution is 5.85. The molecule has 0 aliphatic rings. The number of anilines is 1. The summed E-state index contributed by atoms with van der Waals surface area (Å²) in [5.74, 6) is 0.174. The van der Waals surface area contributed by atoms with Gasteiger partial charge in [-0.05, 0) is 12.1 Å². The van der Waals surface area contributed by atoms with Crippen molar-refractivity contribution in [2.45, 2.75) is 0 Å². The van der Waals surface area contributed by atoms with Crippen LogP contribution in [0.1, 0.15) is 10.4 Å². The quantitative estimate of drug-likeness (QED) is 0.595. The molecule has 2 aromatic carbocycles. The minimum absolute atomic E-state index is 0.174. The van der Waals surface area contributed by atoms with Gasteiger partial charge in [0.15, 0.2) is 0 Å². The van der Waals surface area contributed by atoms with Crippen molar-refractivity contribution in [1.82, 2.24) is 0 Å². The van der Waals surface area contributed by atoms with Crippen LogP contribution in [0.2, 0.25) is 0 Å². The van der Waals surface area contributed by atoms with E-state index in [2.05, 4.69) is 0 Å². The summed E-state index contributed by atoms with van der Waals surface area (Å²) in [6.07, 6.45) is 0.741. The first kappa shape index (κ1) is 10.2. The maximum absolute atomic E-state index is 10.6. The third-order valence-electron chi connectivity index (χ3n) is 2.41. The second-order valence-corrected chi connectivity index (χ2v) is 3.48. The molecule has 0 unspecified atom stereocenters. The highest BCUT2D eigenvalue weighted by atomic mass is 16.3. The Hall–Kier alpha value is -2.29. The van der Waals surface area contributed by atoms with Gasteiger partial charge in [0.2, 0.25) is 0 Å². The summed E-state index contributed by atoms with van der Waals surface area (Å²) in [6, 6.07) is 11.9. The molecule has 2 rings (SSSR count). The van der Waals surface area contributed by atoms with E-state index in [1.165, 1.54) is 0 Å². The van der Waals surface area contributed by atoms with Gasteiger partial charge in [-0.1, -0.05) is 30.3 Å². The molecular formula is C13H11NO2. The second kappa shape index (κ2) is 4.06. The van der Waals surface area contributed by atoms with Crippen molar-refractivity contribution in [2.24, 2.45) is 0 Å². The Kier molecular flexibility index (Phi) is 2.60. The Labute approximate surface area is 93.1 Å². The zero-order chi connectivity index (χ0) is 11.5. The van der Waals surface area contributed by atoms with Crippen molar-refractivity contribution < 1.29 is 9.90 Å². The first-order valence-electron chi connectivity index (χ1n) is 4.85. The fraction of sp³-hybridized carbons (Fsp3) is 0. The molecule has 3 N–H and O–H groups in total. The number of phenolic OH excluding ortho intramolecular Hbond substituents is 1. The number of carbonyl (C=O) groups is 1. The lowest BCUT2D eigenvalue weighted by molar-refractivity contribution is 0.112. The Morgan fingerprint density at radius 3 is 2.44 bits per heavy atom. The fourth-order valence-electron chi connectivity index (χ4n) is 1.60. The van der Waals surface area contributed by atoms with Gasteiger partial charge in [-0.15, -0.1) is 0 Å². The summed E-state index contributed by atoms with van der Waals surface area (Å²) in [7, 11) is 0.